The van der Waals surface area contributed by atoms with Crippen LogP contribution in [0.2, 0.25) is 0 Å². The Balaban J connectivity index is 2.56. The molecule has 0 bridgehead atoms. The number of nitrogens with two attached hydrogens (primary N) is 1. The first-order valence-corrected chi connectivity index (χ1v) is 6.26. The molecule has 0 aliphatic carbocycles. The van der Waals surface area contributed by atoms with Gasteiger partial charge in [-0.3, -0.25) is 4.79 Å². The normalized spacial score (nSPS) is 22.4. The highest BCUT2D eigenvalue weighted by atomic mass is 16.2. The predicted octanol–water partition coefficient (Wildman–Crippen LogP) is 0.666. The van der Waals surface area contributed by atoms with E-state index >= 15 is 0 Å². The van der Waals surface area contributed by atoms with Crippen molar-refractivity contribution in [1.82, 2.24) is 9.80 Å². The second-order valence-corrected chi connectivity index (χ2v) is 4.97. The van der Waals surface area contributed by atoms with E-state index in [0.29, 0.717) is 6.04 Å². The van der Waals surface area contributed by atoms with E-state index in [2.05, 4.69) is 25.8 Å². The monoisotopic (exact) mass is 227 g/mol. The Morgan fingerprint density at radius 1 is 1.50 bits per heavy atom. The molecule has 4 nitrogen and oxygen atoms in total. The minimum Gasteiger partial charge on any atom is -0.338 e. The lowest BCUT2D eigenvalue weighted by molar-refractivity contribution is -0.132. The van der Waals surface area contributed by atoms with Gasteiger partial charge in [-0.25, -0.2) is 0 Å². The molecule has 2 N–H and O–H groups in total. The molecule has 0 spiro atoms. The highest BCUT2D eigenvalue weighted by molar-refractivity contribution is 5.78. The van der Waals surface area contributed by atoms with E-state index in [0.717, 1.165) is 13.1 Å². The molecule has 1 unspecified atom stereocenters. The molecule has 16 heavy (non-hydrogen) atoms. The molecule has 0 aromatic heterocycles. The number of hydrogen-bond donors (Lipinski definition) is 1. The van der Waals surface area contributed by atoms with Gasteiger partial charge in [-0.15, -0.1) is 0 Å². The molecule has 1 rings (SSSR count). The Morgan fingerprint density at radius 2 is 2.19 bits per heavy atom. The largest absolute Gasteiger partial charge is 0.338 e. The number of carbonyl (C=O) groups is 1. The molecule has 1 saturated heterocycles. The van der Waals surface area contributed by atoms with E-state index in [9.17, 15) is 4.79 Å². The number of carbonyl (C=O) groups excluding carboxylic acids is 1. The van der Waals surface area contributed by atoms with Crippen molar-refractivity contribution in [3.8, 4) is 0 Å². The summed E-state index contributed by atoms with van der Waals surface area (Å²) < 4.78 is 0. The molecule has 0 aromatic rings. The number of nitrogens with zero attached hydrogens (tertiary/aromatic N) is 2. The van der Waals surface area contributed by atoms with Gasteiger partial charge in [0.2, 0.25) is 5.91 Å². The van der Waals surface area contributed by atoms with Crippen molar-refractivity contribution in [2.75, 3.05) is 26.7 Å². The number of piperidine rings is 1. The van der Waals surface area contributed by atoms with Gasteiger partial charge in [0, 0.05) is 18.6 Å². The van der Waals surface area contributed by atoms with Gasteiger partial charge in [0.1, 0.15) is 0 Å². The van der Waals surface area contributed by atoms with Gasteiger partial charge in [-0.2, -0.15) is 0 Å². The Labute approximate surface area is 98.8 Å². The summed E-state index contributed by atoms with van der Waals surface area (Å²) in [4.78, 5) is 16.0. The number of amides is 1. The van der Waals surface area contributed by atoms with Crippen molar-refractivity contribution < 1.29 is 4.79 Å². The summed E-state index contributed by atoms with van der Waals surface area (Å²) in [5.74, 6) is 0.0639. The zero-order valence-electron chi connectivity index (χ0n) is 10.8. The molecular formula is C12H25N3O. The zero-order valence-corrected chi connectivity index (χ0v) is 10.8. The fourth-order valence-corrected chi connectivity index (χ4v) is 2.32. The van der Waals surface area contributed by atoms with Crippen LogP contribution in [-0.2, 0) is 4.79 Å². The van der Waals surface area contributed by atoms with Crippen molar-refractivity contribution in [3.63, 3.8) is 0 Å². The van der Waals surface area contributed by atoms with E-state index in [1.165, 1.54) is 19.3 Å². The maximum atomic E-state index is 11.7. The first kappa shape index (κ1) is 13.5. The predicted molar refractivity (Wildman–Crippen MR) is 66.2 cm³/mol. The quantitative estimate of drug-likeness (QED) is 0.768. The molecule has 1 aliphatic heterocycles. The minimum atomic E-state index is 0.0639. The lowest BCUT2D eigenvalue weighted by Gasteiger charge is -2.37. The smallest absolute Gasteiger partial charge is 0.236 e. The van der Waals surface area contributed by atoms with E-state index in [1.807, 2.05) is 4.90 Å². The summed E-state index contributed by atoms with van der Waals surface area (Å²) in [5, 5.41) is 0. The van der Waals surface area contributed by atoms with E-state index < -0.39 is 0 Å². The summed E-state index contributed by atoms with van der Waals surface area (Å²) in [6.45, 7) is 6.19. The van der Waals surface area contributed by atoms with Gasteiger partial charge < -0.3 is 15.5 Å². The van der Waals surface area contributed by atoms with Crippen molar-refractivity contribution >= 4 is 5.91 Å². The standard InChI is InChI=1S/C12H25N3O/c1-10(2)15(12(16)8-13)9-11-6-4-5-7-14(11)3/h10-11H,4-9,13H2,1-3H3. The third kappa shape index (κ3) is 3.46. The third-order valence-electron chi connectivity index (χ3n) is 3.45. The lowest BCUT2D eigenvalue weighted by Crippen LogP contribution is -2.50. The topological polar surface area (TPSA) is 49.6 Å². The van der Waals surface area contributed by atoms with E-state index in [4.69, 9.17) is 5.73 Å². The molecule has 1 fully saturated rings. The second kappa shape index (κ2) is 6.21. The SMILES string of the molecule is CC(C)N(CC1CCCCN1C)C(=O)CN. The molecule has 0 saturated carbocycles. The third-order valence-corrected chi connectivity index (χ3v) is 3.45. The minimum absolute atomic E-state index is 0.0639. The fourth-order valence-electron chi connectivity index (χ4n) is 2.32. The number of rotatable bonds is 4. The van der Waals surface area contributed by atoms with Crippen molar-refractivity contribution in [1.29, 1.82) is 0 Å². The molecule has 94 valence electrons. The molecule has 1 atom stereocenters. The van der Waals surface area contributed by atoms with E-state index in [-0.39, 0.29) is 18.5 Å². The van der Waals surface area contributed by atoms with Crippen LogP contribution >= 0.6 is 0 Å². The summed E-state index contributed by atoms with van der Waals surface area (Å²) in [6, 6.07) is 0.748. The van der Waals surface area contributed by atoms with Gasteiger partial charge in [0.25, 0.3) is 0 Å². The molecule has 0 radical (unpaired) electrons. The van der Waals surface area contributed by atoms with Crippen LogP contribution in [-0.4, -0.2) is 54.5 Å². The summed E-state index contributed by atoms with van der Waals surface area (Å²) in [7, 11) is 2.15. The van der Waals surface area contributed by atoms with Gasteiger partial charge >= 0.3 is 0 Å². The highest BCUT2D eigenvalue weighted by Crippen LogP contribution is 2.17. The average Bonchev–Trinajstić information content (AvgIpc) is 2.26. The maximum Gasteiger partial charge on any atom is 0.236 e. The van der Waals surface area contributed by atoms with Crippen LogP contribution in [0.3, 0.4) is 0 Å². The second-order valence-electron chi connectivity index (χ2n) is 4.97. The van der Waals surface area contributed by atoms with Crippen LogP contribution < -0.4 is 5.73 Å². The Bertz CT molecular complexity index is 230. The molecule has 1 amide bonds. The van der Waals surface area contributed by atoms with Crippen molar-refractivity contribution in [2.24, 2.45) is 5.73 Å². The number of hydrogen-bond acceptors (Lipinski definition) is 3. The van der Waals surface area contributed by atoms with Gasteiger partial charge in [0.05, 0.1) is 6.54 Å². The maximum absolute atomic E-state index is 11.7. The summed E-state index contributed by atoms with van der Waals surface area (Å²) >= 11 is 0. The number of likely N-dealkylation sites (tertiary alicyclic amines) is 1. The van der Waals surface area contributed by atoms with E-state index in [1.54, 1.807) is 0 Å². The van der Waals surface area contributed by atoms with Gasteiger partial charge in [-0.05, 0) is 40.3 Å². The van der Waals surface area contributed by atoms with Crippen LogP contribution in [0.25, 0.3) is 0 Å². The molecule has 1 aliphatic rings. The fraction of sp³-hybridized carbons (Fsp3) is 0.917. The van der Waals surface area contributed by atoms with Crippen molar-refractivity contribution in [3.05, 3.63) is 0 Å². The van der Waals surface area contributed by atoms with Crippen LogP contribution in [0.15, 0.2) is 0 Å². The average molecular weight is 227 g/mol. The Kier molecular flexibility index (Phi) is 5.22. The summed E-state index contributed by atoms with van der Waals surface area (Å²) in [6.07, 6.45) is 3.74. The molecule has 4 heteroatoms. The van der Waals surface area contributed by atoms with Crippen LogP contribution in [0, 0.1) is 0 Å². The van der Waals surface area contributed by atoms with Crippen LogP contribution in [0.5, 0.6) is 0 Å². The molecular weight excluding hydrogens is 202 g/mol. The van der Waals surface area contributed by atoms with Crippen LogP contribution in [0.1, 0.15) is 33.1 Å². The highest BCUT2D eigenvalue weighted by Gasteiger charge is 2.24. The van der Waals surface area contributed by atoms with Gasteiger partial charge in [-0.1, -0.05) is 6.42 Å². The number of likely N-dealkylation sites (N-methyl/N-ethyl adjacent to an activating group) is 1. The Hall–Kier alpha value is -0.610. The van der Waals surface area contributed by atoms with Crippen LogP contribution in [0.4, 0.5) is 0 Å². The van der Waals surface area contributed by atoms with Gasteiger partial charge in [0.15, 0.2) is 0 Å². The first-order valence-electron chi connectivity index (χ1n) is 6.26. The molecule has 1 heterocycles. The Morgan fingerprint density at radius 3 is 2.69 bits per heavy atom. The molecule has 0 aromatic carbocycles. The van der Waals surface area contributed by atoms with Crippen molar-refractivity contribution in [2.45, 2.75) is 45.2 Å². The first-order chi connectivity index (χ1) is 7.56. The lowest BCUT2D eigenvalue weighted by atomic mass is 10.0. The zero-order chi connectivity index (χ0) is 12.1. The summed E-state index contributed by atoms with van der Waals surface area (Å²) in [5.41, 5.74) is 5.45.